The molecular weight excluding hydrogens is 385 g/mol. The van der Waals surface area contributed by atoms with Crippen LogP contribution in [-0.2, 0) is 15.8 Å². The number of carbonyl (C=O) groups excluding carboxylic acids is 1. The Bertz CT molecular complexity index is 864. The fourth-order valence-electron chi connectivity index (χ4n) is 1.82. The summed E-state index contributed by atoms with van der Waals surface area (Å²) in [5.74, 6) is -3.39. The first kappa shape index (κ1) is 20.9. The summed E-state index contributed by atoms with van der Waals surface area (Å²) in [7, 11) is 0. The van der Waals surface area contributed by atoms with Crippen LogP contribution in [0.4, 0.5) is 13.2 Å². The van der Waals surface area contributed by atoms with Gasteiger partial charge in [-0.1, -0.05) is 22.4 Å². The second-order valence-electron chi connectivity index (χ2n) is 5.60. The lowest BCUT2D eigenvalue weighted by molar-refractivity contribution is -0.159. The zero-order chi connectivity index (χ0) is 20.9. The summed E-state index contributed by atoms with van der Waals surface area (Å²) in [6, 6.07) is 4.93. The van der Waals surface area contributed by atoms with Gasteiger partial charge in [-0.2, -0.15) is 18.2 Å². The topological polar surface area (TPSA) is 127 Å². The van der Waals surface area contributed by atoms with E-state index in [0.29, 0.717) is 0 Å². The largest absolute Gasteiger partial charge is 0.478 e. The minimum Gasteiger partial charge on any atom is -0.478 e. The molecule has 0 aliphatic rings. The molecule has 0 aliphatic heterocycles. The van der Waals surface area contributed by atoms with Gasteiger partial charge in [0.05, 0.1) is 12.3 Å². The first-order valence-corrected chi connectivity index (χ1v) is 7.82. The second kappa shape index (κ2) is 8.50. The van der Waals surface area contributed by atoms with E-state index in [1.807, 2.05) is 0 Å². The van der Waals surface area contributed by atoms with Crippen LogP contribution in [-0.4, -0.2) is 45.5 Å². The van der Waals surface area contributed by atoms with Crippen molar-refractivity contribution in [3.63, 3.8) is 0 Å². The zero-order valence-electron chi connectivity index (χ0n) is 14.6. The molecular formula is C16H15F3N4O5. The highest BCUT2D eigenvalue weighted by Crippen LogP contribution is 2.29. The number of carboxylic acids is 1. The molecule has 0 spiro atoms. The number of benzene rings is 1. The molecule has 1 aromatic heterocycles. The van der Waals surface area contributed by atoms with Gasteiger partial charge in [-0.15, -0.1) is 0 Å². The Morgan fingerprint density at radius 3 is 2.46 bits per heavy atom. The average molecular weight is 400 g/mol. The molecule has 0 aliphatic carbocycles. The number of carbonyl (C=O) groups is 2. The van der Waals surface area contributed by atoms with E-state index in [1.54, 1.807) is 6.92 Å². The highest BCUT2D eigenvalue weighted by atomic mass is 19.4. The third-order valence-corrected chi connectivity index (χ3v) is 3.28. The van der Waals surface area contributed by atoms with Gasteiger partial charge >= 0.3 is 18.0 Å². The van der Waals surface area contributed by atoms with Gasteiger partial charge < -0.3 is 19.8 Å². The van der Waals surface area contributed by atoms with Crippen molar-refractivity contribution in [2.45, 2.75) is 32.2 Å². The fourth-order valence-corrected chi connectivity index (χ4v) is 1.82. The number of alkyl halides is 3. The van der Waals surface area contributed by atoms with Crippen LogP contribution >= 0.6 is 0 Å². The number of nitrogens with one attached hydrogen (secondary N) is 1. The minimum atomic E-state index is -4.74. The number of aromatic nitrogens is 2. The quantitative estimate of drug-likeness (QED) is 0.539. The van der Waals surface area contributed by atoms with E-state index in [0.717, 1.165) is 0 Å². The molecule has 2 aromatic rings. The smallest absolute Gasteiger partial charge is 0.471 e. The van der Waals surface area contributed by atoms with Gasteiger partial charge in [-0.25, -0.2) is 4.79 Å². The van der Waals surface area contributed by atoms with Crippen molar-refractivity contribution >= 4 is 18.1 Å². The molecule has 150 valence electrons. The van der Waals surface area contributed by atoms with Crippen molar-refractivity contribution in [1.29, 1.82) is 0 Å². The van der Waals surface area contributed by atoms with Crippen molar-refractivity contribution in [3.8, 4) is 11.4 Å². The van der Waals surface area contributed by atoms with Crippen molar-refractivity contribution in [2.75, 3.05) is 0 Å². The SMILES string of the molecule is CC(C=NOC(C)C(=O)O)NC(=O)c1ccc(-c2noc(C(F)(F)F)n2)cc1. The van der Waals surface area contributed by atoms with Crippen molar-refractivity contribution in [2.24, 2.45) is 5.16 Å². The number of halogens is 3. The summed E-state index contributed by atoms with van der Waals surface area (Å²) >= 11 is 0. The highest BCUT2D eigenvalue weighted by Gasteiger charge is 2.38. The van der Waals surface area contributed by atoms with E-state index in [1.165, 1.54) is 37.4 Å². The maximum atomic E-state index is 12.5. The molecule has 0 saturated carbocycles. The van der Waals surface area contributed by atoms with Crippen molar-refractivity contribution in [1.82, 2.24) is 15.5 Å². The first-order valence-electron chi connectivity index (χ1n) is 7.82. The third kappa shape index (κ3) is 5.53. The lowest BCUT2D eigenvalue weighted by Gasteiger charge is -2.10. The van der Waals surface area contributed by atoms with E-state index in [4.69, 9.17) is 5.11 Å². The number of nitrogens with zero attached hydrogens (tertiary/aromatic N) is 3. The fraction of sp³-hybridized carbons (Fsp3) is 0.312. The molecule has 1 heterocycles. The van der Waals surface area contributed by atoms with Crippen LogP contribution in [0.5, 0.6) is 0 Å². The Labute approximate surface area is 156 Å². The van der Waals surface area contributed by atoms with Gasteiger partial charge in [0.1, 0.15) is 0 Å². The molecule has 1 aromatic carbocycles. The van der Waals surface area contributed by atoms with E-state index in [9.17, 15) is 22.8 Å². The summed E-state index contributed by atoms with van der Waals surface area (Å²) in [5.41, 5.74) is 0.463. The lowest BCUT2D eigenvalue weighted by atomic mass is 10.1. The predicted molar refractivity (Wildman–Crippen MR) is 88.3 cm³/mol. The Morgan fingerprint density at radius 1 is 1.29 bits per heavy atom. The van der Waals surface area contributed by atoms with E-state index < -0.39 is 36.1 Å². The van der Waals surface area contributed by atoms with Gasteiger partial charge in [0, 0.05) is 11.1 Å². The van der Waals surface area contributed by atoms with Crippen LogP contribution in [0.15, 0.2) is 33.9 Å². The lowest BCUT2D eigenvalue weighted by Crippen LogP contribution is -2.33. The molecule has 9 nitrogen and oxygen atoms in total. The number of amides is 1. The molecule has 2 unspecified atom stereocenters. The summed E-state index contributed by atoms with van der Waals surface area (Å²) in [6.07, 6.45) is -4.66. The van der Waals surface area contributed by atoms with Crippen molar-refractivity contribution in [3.05, 3.63) is 35.7 Å². The Morgan fingerprint density at radius 2 is 1.93 bits per heavy atom. The second-order valence-corrected chi connectivity index (χ2v) is 5.60. The summed E-state index contributed by atoms with van der Waals surface area (Å²) < 4.78 is 41.6. The first-order chi connectivity index (χ1) is 13.1. The van der Waals surface area contributed by atoms with E-state index >= 15 is 0 Å². The zero-order valence-corrected chi connectivity index (χ0v) is 14.6. The van der Waals surface area contributed by atoms with Crippen LogP contribution in [0, 0.1) is 0 Å². The molecule has 1 amide bonds. The molecule has 0 radical (unpaired) electrons. The minimum absolute atomic E-state index is 0.225. The third-order valence-electron chi connectivity index (χ3n) is 3.28. The number of oxime groups is 1. The van der Waals surface area contributed by atoms with Crippen LogP contribution in [0.25, 0.3) is 11.4 Å². The maximum absolute atomic E-state index is 12.5. The Kier molecular flexibility index (Phi) is 6.33. The number of aliphatic carboxylic acids is 1. The number of hydrogen-bond donors (Lipinski definition) is 2. The van der Waals surface area contributed by atoms with Crippen molar-refractivity contribution < 1.29 is 37.2 Å². The molecule has 12 heteroatoms. The number of hydrogen-bond acceptors (Lipinski definition) is 7. The molecule has 0 bridgehead atoms. The predicted octanol–water partition coefficient (Wildman–Crippen LogP) is 2.35. The standard InChI is InChI=1S/C16H15F3N4O5/c1-8(7-20-27-9(2)14(25)26)21-13(24)11-5-3-10(4-6-11)12-22-15(28-23-12)16(17,18)19/h3-9H,1-2H3,(H,21,24)(H,25,26). The van der Waals surface area contributed by atoms with E-state index in [2.05, 4.69) is 30.0 Å². The number of rotatable bonds is 7. The van der Waals surface area contributed by atoms with Gasteiger partial charge in [-0.3, -0.25) is 4.79 Å². The monoisotopic (exact) mass is 400 g/mol. The van der Waals surface area contributed by atoms with Gasteiger partial charge in [-0.05, 0) is 26.0 Å². The highest BCUT2D eigenvalue weighted by molar-refractivity contribution is 5.96. The van der Waals surface area contributed by atoms with Gasteiger partial charge in [0.15, 0.2) is 0 Å². The molecule has 2 rings (SSSR count). The summed E-state index contributed by atoms with van der Waals surface area (Å²) in [4.78, 5) is 30.6. The Balaban J connectivity index is 1.97. The maximum Gasteiger partial charge on any atom is 0.471 e. The number of carboxylic acid groups (broad SMARTS) is 1. The molecule has 28 heavy (non-hydrogen) atoms. The van der Waals surface area contributed by atoms with Gasteiger partial charge in [0.2, 0.25) is 11.9 Å². The van der Waals surface area contributed by atoms with Crippen LogP contribution in [0.3, 0.4) is 0 Å². The molecule has 0 saturated heterocycles. The summed E-state index contributed by atoms with van der Waals surface area (Å²) in [5, 5.41) is 17.9. The normalized spacial score (nSPS) is 13.9. The van der Waals surface area contributed by atoms with Crippen LogP contribution in [0.1, 0.15) is 30.1 Å². The van der Waals surface area contributed by atoms with E-state index in [-0.39, 0.29) is 17.0 Å². The van der Waals surface area contributed by atoms with Gasteiger partial charge in [0.25, 0.3) is 5.91 Å². The summed E-state index contributed by atoms with van der Waals surface area (Å²) in [6.45, 7) is 2.88. The van der Waals surface area contributed by atoms with Crippen LogP contribution in [0.2, 0.25) is 0 Å². The Hall–Kier alpha value is -3.44. The molecule has 2 atom stereocenters. The average Bonchev–Trinajstić information content (AvgIpc) is 3.12. The molecule has 0 fully saturated rings. The van der Waals surface area contributed by atoms with Crippen LogP contribution < -0.4 is 5.32 Å². The molecule has 2 N–H and O–H groups in total.